The Balaban J connectivity index is 1.15. The summed E-state index contributed by atoms with van der Waals surface area (Å²) in [5, 5.41) is 1.44. The van der Waals surface area contributed by atoms with E-state index < -0.39 is 0 Å². The van der Waals surface area contributed by atoms with Crippen molar-refractivity contribution in [2.75, 3.05) is 0 Å². The molecule has 0 amide bonds. The molecule has 8 bridgehead atoms. The topological polar surface area (TPSA) is 43.0 Å². The van der Waals surface area contributed by atoms with Crippen molar-refractivity contribution in [1.29, 1.82) is 0 Å². The Morgan fingerprint density at radius 1 is 0.367 bits per heavy atom. The third-order valence-electron chi connectivity index (χ3n) is 16.8. The van der Waals surface area contributed by atoms with Crippen LogP contribution in [0.5, 0.6) is 0 Å². The van der Waals surface area contributed by atoms with Gasteiger partial charge in [-0.3, -0.25) is 9.59 Å². The monoisotopic (exact) mass is 780 g/mol. The van der Waals surface area contributed by atoms with Gasteiger partial charge in [-0.05, 0) is 179 Å². The van der Waals surface area contributed by atoms with Crippen LogP contribution in [0.3, 0.4) is 0 Å². The standard InChI is InChI=1S/C56H48N2O2/c59-55-53-47(29-45-37-21-31-19-32(22-37)26-39(25-31)49(45)51(53)43-17-9-7-15-41(43)35-11-3-1-4-12-35)57-48-30-46-38-23-33-20-34(24-38)28-40(27-33)50(46)52(54(48)56(60)58(55)57)44-18-10-8-16-42(44)36-13-5-2-6-14-36/h1-18,29-34,37-40H,19-28H2. The van der Waals surface area contributed by atoms with Crippen LogP contribution in [-0.4, -0.2) is 9.03 Å². The van der Waals surface area contributed by atoms with Crippen molar-refractivity contribution in [3.63, 3.8) is 0 Å². The maximum Gasteiger partial charge on any atom is 0.283 e. The first kappa shape index (κ1) is 34.0. The molecule has 8 aliphatic carbocycles. The van der Waals surface area contributed by atoms with Gasteiger partial charge >= 0.3 is 0 Å². The van der Waals surface area contributed by atoms with Crippen molar-refractivity contribution in [2.45, 2.75) is 87.9 Å². The van der Waals surface area contributed by atoms with Gasteiger partial charge in [-0.2, -0.15) is 4.52 Å². The second-order valence-corrected chi connectivity index (χ2v) is 20.0. The molecule has 0 radical (unpaired) electrons. The summed E-state index contributed by atoms with van der Waals surface area (Å²) in [5.74, 6) is 4.73. The maximum absolute atomic E-state index is 15.8. The van der Waals surface area contributed by atoms with Crippen LogP contribution in [0.2, 0.25) is 0 Å². The normalized spacial score (nSPS) is 27.1. The van der Waals surface area contributed by atoms with Gasteiger partial charge in [-0.25, -0.2) is 4.52 Å². The van der Waals surface area contributed by atoms with Crippen LogP contribution in [0.15, 0.2) is 131 Å². The summed E-state index contributed by atoms with van der Waals surface area (Å²) in [4.78, 5) is 31.5. The van der Waals surface area contributed by atoms with E-state index >= 15 is 9.59 Å². The average Bonchev–Trinajstić information content (AvgIpc) is 3.59. The largest absolute Gasteiger partial charge is 0.283 e. The van der Waals surface area contributed by atoms with Crippen LogP contribution in [0.4, 0.5) is 0 Å². The fourth-order valence-corrected chi connectivity index (χ4v) is 14.9. The molecular formula is C56H48N2O2. The summed E-state index contributed by atoms with van der Waals surface area (Å²) in [7, 11) is 0. The predicted molar refractivity (Wildman–Crippen MR) is 242 cm³/mol. The molecule has 0 spiro atoms. The molecule has 0 aliphatic heterocycles. The van der Waals surface area contributed by atoms with Gasteiger partial charge in [0.2, 0.25) is 0 Å². The van der Waals surface area contributed by atoms with E-state index in [-0.39, 0.29) is 11.1 Å². The molecule has 294 valence electrons. The maximum atomic E-state index is 15.8. The first-order valence-electron chi connectivity index (χ1n) is 23.0. The van der Waals surface area contributed by atoms with Gasteiger partial charge in [-0.1, -0.05) is 109 Å². The van der Waals surface area contributed by atoms with Gasteiger partial charge in [0.15, 0.2) is 0 Å². The fraction of sp³-hybridized carbons (Fsp3) is 0.321. The van der Waals surface area contributed by atoms with Crippen LogP contribution in [-0.2, 0) is 0 Å². The van der Waals surface area contributed by atoms with Gasteiger partial charge in [0.05, 0.1) is 21.8 Å². The molecule has 0 saturated heterocycles. The molecule has 4 fully saturated rings. The van der Waals surface area contributed by atoms with Crippen LogP contribution >= 0.6 is 0 Å². The number of nitrogens with zero attached hydrogens (tertiary/aromatic N) is 2. The summed E-state index contributed by atoms with van der Waals surface area (Å²) < 4.78 is 3.68. The van der Waals surface area contributed by atoms with Crippen molar-refractivity contribution in [3.8, 4) is 44.5 Å². The first-order valence-corrected chi connectivity index (χ1v) is 23.0. The van der Waals surface area contributed by atoms with Gasteiger partial charge in [0.25, 0.3) is 11.1 Å². The number of aromatic nitrogens is 2. The van der Waals surface area contributed by atoms with E-state index in [1.165, 1.54) is 86.5 Å². The minimum absolute atomic E-state index is 0.172. The number of fused-ring (bicyclic) bond motifs is 5. The summed E-state index contributed by atoms with van der Waals surface area (Å²) in [6, 6.07) is 43.7. The third kappa shape index (κ3) is 4.63. The molecular weight excluding hydrogens is 733 g/mol. The van der Waals surface area contributed by atoms with Gasteiger partial charge in [-0.15, -0.1) is 0 Å². The number of benzene rings is 6. The number of hydrogen-bond donors (Lipinski definition) is 0. The molecule has 4 saturated carbocycles. The molecule has 4 atom stereocenters. The van der Waals surface area contributed by atoms with Crippen molar-refractivity contribution in [2.24, 2.45) is 23.7 Å². The fourth-order valence-electron chi connectivity index (χ4n) is 14.9. The first-order chi connectivity index (χ1) is 29.6. The van der Waals surface area contributed by atoms with E-state index in [1.54, 1.807) is 4.52 Å². The highest BCUT2D eigenvalue weighted by molar-refractivity contribution is 6.06. The second kappa shape index (κ2) is 12.4. The smallest absolute Gasteiger partial charge is 0.267 e. The molecule has 8 aromatic rings. The summed E-state index contributed by atoms with van der Waals surface area (Å²) in [6.07, 6.45) is 12.4. The molecule has 2 aromatic heterocycles. The van der Waals surface area contributed by atoms with E-state index in [0.29, 0.717) is 23.7 Å². The lowest BCUT2D eigenvalue weighted by molar-refractivity contribution is 0.166. The Kier molecular flexibility index (Phi) is 7.04. The zero-order valence-electron chi connectivity index (χ0n) is 33.9. The van der Waals surface area contributed by atoms with Crippen LogP contribution in [0.25, 0.3) is 66.3 Å². The van der Waals surface area contributed by atoms with E-state index in [1.807, 2.05) is 0 Å². The van der Waals surface area contributed by atoms with Crippen molar-refractivity contribution >= 4 is 21.8 Å². The lowest BCUT2D eigenvalue weighted by Crippen LogP contribution is -2.25. The Labute approximate surface area is 349 Å². The van der Waals surface area contributed by atoms with E-state index in [2.05, 4.69) is 126 Å². The van der Waals surface area contributed by atoms with E-state index in [4.69, 9.17) is 0 Å². The highest BCUT2D eigenvalue weighted by Crippen LogP contribution is 2.61. The van der Waals surface area contributed by atoms with E-state index in [9.17, 15) is 0 Å². The highest BCUT2D eigenvalue weighted by atomic mass is 16.2. The second-order valence-electron chi connectivity index (χ2n) is 20.0. The van der Waals surface area contributed by atoms with Gasteiger partial charge in [0.1, 0.15) is 0 Å². The zero-order valence-corrected chi connectivity index (χ0v) is 33.9. The molecule has 6 aromatic carbocycles. The molecule has 4 unspecified atom stereocenters. The molecule has 4 nitrogen and oxygen atoms in total. The van der Waals surface area contributed by atoms with Crippen molar-refractivity contribution in [1.82, 2.24) is 9.03 Å². The van der Waals surface area contributed by atoms with Crippen LogP contribution < -0.4 is 11.1 Å². The summed E-state index contributed by atoms with van der Waals surface area (Å²) in [5.41, 5.74) is 16.2. The molecule has 60 heavy (non-hydrogen) atoms. The lowest BCUT2D eigenvalue weighted by Gasteiger charge is -2.38. The highest BCUT2D eigenvalue weighted by Gasteiger charge is 2.46. The minimum atomic E-state index is -0.172. The SMILES string of the molecule is O=c1c2c(-c3ccccc3-c3ccccc3)c3c(cc2n2c4cc5c(c(-c6ccccc6-c6ccccc6)c4c(=O)n12)C1CC2CC(CC5C2)C1)C1CC2CC(C1)CC3C2. The lowest BCUT2D eigenvalue weighted by atomic mass is 9.67. The van der Waals surface area contributed by atoms with E-state index in [0.717, 1.165) is 90.0 Å². The number of hydrogen-bond acceptors (Lipinski definition) is 2. The number of rotatable bonds is 4. The van der Waals surface area contributed by atoms with Crippen molar-refractivity contribution < 1.29 is 0 Å². The predicted octanol–water partition coefficient (Wildman–Crippen LogP) is 13.0. The zero-order chi connectivity index (χ0) is 39.4. The average molecular weight is 781 g/mol. The van der Waals surface area contributed by atoms with Gasteiger partial charge < -0.3 is 0 Å². The molecule has 0 N–H and O–H groups in total. The Hall–Kier alpha value is -5.74. The van der Waals surface area contributed by atoms with Crippen LogP contribution in [0, 0.1) is 23.7 Å². The van der Waals surface area contributed by atoms with Gasteiger partial charge in [0, 0.05) is 11.1 Å². The quantitative estimate of drug-likeness (QED) is 0.178. The summed E-state index contributed by atoms with van der Waals surface area (Å²) in [6.45, 7) is 0. The third-order valence-corrected chi connectivity index (χ3v) is 16.8. The molecule has 8 aliphatic rings. The summed E-state index contributed by atoms with van der Waals surface area (Å²) >= 11 is 0. The molecule has 16 rings (SSSR count). The molecule has 4 heteroatoms. The Morgan fingerprint density at radius 2 is 0.717 bits per heavy atom. The molecule has 2 heterocycles. The Morgan fingerprint density at radius 3 is 1.12 bits per heavy atom. The Bertz CT molecular complexity index is 2970. The van der Waals surface area contributed by atoms with Crippen LogP contribution in [0.1, 0.15) is 110 Å². The minimum Gasteiger partial charge on any atom is -0.267 e. The van der Waals surface area contributed by atoms with Crippen molar-refractivity contribution in [3.05, 3.63) is 164 Å².